The number of benzene rings is 1. The summed E-state index contributed by atoms with van der Waals surface area (Å²) in [6.45, 7) is 0.425. The molecule has 0 aliphatic carbocycles. The predicted octanol–water partition coefficient (Wildman–Crippen LogP) is 3.36. The summed E-state index contributed by atoms with van der Waals surface area (Å²) in [5.41, 5.74) is 4.23. The summed E-state index contributed by atoms with van der Waals surface area (Å²) in [4.78, 5) is 23.9. The highest BCUT2D eigenvalue weighted by Crippen LogP contribution is 2.29. The Morgan fingerprint density at radius 1 is 1.13 bits per heavy atom. The number of nitrogens with zero attached hydrogens (tertiary/aromatic N) is 2. The maximum absolute atomic E-state index is 12.1. The van der Waals surface area contributed by atoms with Gasteiger partial charge in [0.2, 0.25) is 5.91 Å². The van der Waals surface area contributed by atoms with Gasteiger partial charge in [-0.2, -0.15) is 0 Å². The van der Waals surface area contributed by atoms with Crippen LogP contribution in [0.4, 0.5) is 0 Å². The standard InChI is InChI=1S/C23H20N4O3S/c1-31(29,30)19-5-3-18(4-6-19)21-15-27-23-20(21)12-17(14-26-23)2-7-22(28)25-13-16-8-10-24-11-9-16/h2-12,14-15H,13H2,1H3,(H,25,28)(H,26,27)/b7-2+. The first-order valence-corrected chi connectivity index (χ1v) is 11.4. The number of rotatable bonds is 6. The number of aromatic amines is 1. The molecule has 3 heterocycles. The van der Waals surface area contributed by atoms with Gasteiger partial charge in [-0.15, -0.1) is 0 Å². The van der Waals surface area contributed by atoms with E-state index in [4.69, 9.17) is 0 Å². The summed E-state index contributed by atoms with van der Waals surface area (Å²) >= 11 is 0. The van der Waals surface area contributed by atoms with E-state index in [0.717, 1.165) is 27.6 Å². The Morgan fingerprint density at radius 3 is 2.58 bits per heavy atom. The number of hydrogen-bond donors (Lipinski definition) is 2. The molecule has 0 aliphatic heterocycles. The second-order valence-electron chi connectivity index (χ2n) is 7.07. The van der Waals surface area contributed by atoms with Crippen molar-refractivity contribution < 1.29 is 13.2 Å². The lowest BCUT2D eigenvalue weighted by molar-refractivity contribution is -0.116. The van der Waals surface area contributed by atoms with Crippen LogP contribution in [0, 0.1) is 0 Å². The van der Waals surface area contributed by atoms with Crippen molar-refractivity contribution in [2.75, 3.05) is 6.26 Å². The van der Waals surface area contributed by atoms with Gasteiger partial charge in [-0.1, -0.05) is 12.1 Å². The van der Waals surface area contributed by atoms with E-state index in [1.165, 1.54) is 12.3 Å². The van der Waals surface area contributed by atoms with E-state index in [2.05, 4.69) is 20.3 Å². The molecule has 3 aromatic heterocycles. The second kappa shape index (κ2) is 8.53. The van der Waals surface area contributed by atoms with Crippen molar-refractivity contribution in [3.8, 4) is 11.1 Å². The Bertz CT molecular complexity index is 1360. The first-order valence-electron chi connectivity index (χ1n) is 9.52. The Labute approximate surface area is 179 Å². The fourth-order valence-corrected chi connectivity index (χ4v) is 3.78. The topological polar surface area (TPSA) is 105 Å². The third-order valence-corrected chi connectivity index (χ3v) is 5.92. The summed E-state index contributed by atoms with van der Waals surface area (Å²) in [5, 5.41) is 3.71. The van der Waals surface area contributed by atoms with Gasteiger partial charge in [-0.3, -0.25) is 9.78 Å². The van der Waals surface area contributed by atoms with Gasteiger partial charge >= 0.3 is 0 Å². The molecule has 0 radical (unpaired) electrons. The fraction of sp³-hybridized carbons (Fsp3) is 0.0870. The molecule has 8 heteroatoms. The van der Waals surface area contributed by atoms with Crippen LogP contribution < -0.4 is 5.32 Å². The molecule has 0 atom stereocenters. The molecule has 4 rings (SSSR count). The van der Waals surface area contributed by atoms with Crippen molar-refractivity contribution in [2.45, 2.75) is 11.4 Å². The Balaban J connectivity index is 1.52. The number of nitrogens with one attached hydrogen (secondary N) is 2. The van der Waals surface area contributed by atoms with Gasteiger partial charge in [-0.05, 0) is 53.1 Å². The molecular formula is C23H20N4O3S. The maximum atomic E-state index is 12.1. The summed E-state index contributed by atoms with van der Waals surface area (Å²) in [5.74, 6) is -0.206. The largest absolute Gasteiger partial charge is 0.348 e. The van der Waals surface area contributed by atoms with Crippen LogP contribution in [-0.4, -0.2) is 35.5 Å². The van der Waals surface area contributed by atoms with Crippen molar-refractivity contribution in [1.29, 1.82) is 0 Å². The summed E-state index contributed by atoms with van der Waals surface area (Å²) in [7, 11) is -3.25. The van der Waals surface area contributed by atoms with Gasteiger partial charge in [-0.25, -0.2) is 13.4 Å². The number of aromatic nitrogens is 3. The van der Waals surface area contributed by atoms with E-state index < -0.39 is 9.84 Å². The minimum atomic E-state index is -3.25. The third kappa shape index (κ3) is 4.87. The number of carbonyl (C=O) groups excluding carboxylic acids is 1. The van der Waals surface area contributed by atoms with Crippen LogP contribution in [-0.2, 0) is 21.2 Å². The SMILES string of the molecule is CS(=O)(=O)c1ccc(-c2c[nH]c3ncc(/C=C/C(=O)NCc4ccncc4)cc23)cc1. The third-order valence-electron chi connectivity index (χ3n) is 4.79. The van der Waals surface area contributed by atoms with E-state index in [9.17, 15) is 13.2 Å². The van der Waals surface area contributed by atoms with Crippen molar-refractivity contribution in [1.82, 2.24) is 20.3 Å². The molecule has 1 aromatic carbocycles. The minimum Gasteiger partial charge on any atom is -0.348 e. The van der Waals surface area contributed by atoms with Crippen molar-refractivity contribution in [3.05, 3.63) is 84.5 Å². The van der Waals surface area contributed by atoms with Crippen molar-refractivity contribution >= 4 is 32.9 Å². The Morgan fingerprint density at radius 2 is 1.87 bits per heavy atom. The summed E-state index contributed by atoms with van der Waals surface area (Å²) < 4.78 is 23.4. The Hall–Kier alpha value is -3.78. The quantitative estimate of drug-likeness (QED) is 0.455. The molecule has 7 nitrogen and oxygen atoms in total. The zero-order valence-electron chi connectivity index (χ0n) is 16.7. The van der Waals surface area contributed by atoms with Crippen LogP contribution in [0.1, 0.15) is 11.1 Å². The van der Waals surface area contributed by atoms with Gasteiger partial charge in [0, 0.05) is 54.6 Å². The van der Waals surface area contributed by atoms with E-state index >= 15 is 0 Å². The van der Waals surface area contributed by atoms with Crippen molar-refractivity contribution in [3.63, 3.8) is 0 Å². The molecule has 0 bridgehead atoms. The molecule has 0 saturated heterocycles. The number of carbonyl (C=O) groups is 1. The monoisotopic (exact) mass is 432 g/mol. The molecular weight excluding hydrogens is 412 g/mol. The van der Waals surface area contributed by atoms with E-state index in [1.807, 2.05) is 24.4 Å². The molecule has 156 valence electrons. The highest BCUT2D eigenvalue weighted by Gasteiger charge is 2.10. The van der Waals surface area contributed by atoms with E-state index in [0.29, 0.717) is 12.2 Å². The van der Waals surface area contributed by atoms with Crippen LogP contribution in [0.15, 0.2) is 78.2 Å². The average Bonchev–Trinajstić information content (AvgIpc) is 3.20. The number of hydrogen-bond acceptors (Lipinski definition) is 5. The van der Waals surface area contributed by atoms with Gasteiger partial charge in [0.05, 0.1) is 4.90 Å². The normalized spacial score (nSPS) is 11.8. The summed E-state index contributed by atoms with van der Waals surface area (Å²) in [6.07, 6.45) is 11.2. The molecule has 4 aromatic rings. The fourth-order valence-electron chi connectivity index (χ4n) is 3.15. The van der Waals surface area contributed by atoms with Gasteiger partial charge in [0.1, 0.15) is 5.65 Å². The summed E-state index contributed by atoms with van der Waals surface area (Å²) in [6, 6.07) is 12.4. The van der Waals surface area contributed by atoms with Crippen LogP contribution in [0.25, 0.3) is 28.2 Å². The lowest BCUT2D eigenvalue weighted by Crippen LogP contribution is -2.20. The maximum Gasteiger partial charge on any atom is 0.244 e. The Kier molecular flexibility index (Phi) is 5.64. The molecule has 0 saturated carbocycles. The van der Waals surface area contributed by atoms with Gasteiger partial charge in [0.15, 0.2) is 9.84 Å². The molecule has 1 amide bonds. The van der Waals surface area contributed by atoms with Gasteiger partial charge < -0.3 is 10.3 Å². The molecule has 0 aliphatic rings. The van der Waals surface area contributed by atoms with Gasteiger partial charge in [0.25, 0.3) is 0 Å². The van der Waals surface area contributed by atoms with Crippen LogP contribution in [0.3, 0.4) is 0 Å². The molecule has 0 spiro atoms. The molecule has 31 heavy (non-hydrogen) atoms. The second-order valence-corrected chi connectivity index (χ2v) is 9.09. The zero-order chi connectivity index (χ0) is 21.8. The van der Waals surface area contributed by atoms with Crippen LogP contribution >= 0.6 is 0 Å². The highest BCUT2D eigenvalue weighted by atomic mass is 32.2. The van der Waals surface area contributed by atoms with E-state index in [-0.39, 0.29) is 10.8 Å². The molecule has 2 N–H and O–H groups in total. The van der Waals surface area contributed by atoms with Crippen LogP contribution in [0.2, 0.25) is 0 Å². The number of amides is 1. The van der Waals surface area contributed by atoms with Crippen molar-refractivity contribution in [2.24, 2.45) is 0 Å². The number of pyridine rings is 2. The lowest BCUT2D eigenvalue weighted by Gasteiger charge is -2.03. The predicted molar refractivity (Wildman–Crippen MR) is 120 cm³/mol. The number of sulfone groups is 1. The lowest BCUT2D eigenvalue weighted by atomic mass is 10.1. The highest BCUT2D eigenvalue weighted by molar-refractivity contribution is 7.90. The minimum absolute atomic E-state index is 0.206. The smallest absolute Gasteiger partial charge is 0.244 e. The zero-order valence-corrected chi connectivity index (χ0v) is 17.6. The average molecular weight is 433 g/mol. The first kappa shape index (κ1) is 20.5. The number of fused-ring (bicyclic) bond motifs is 1. The van der Waals surface area contributed by atoms with E-state index in [1.54, 1.807) is 48.9 Å². The number of H-pyrrole nitrogens is 1. The molecule has 0 fully saturated rings. The molecule has 0 unspecified atom stereocenters. The van der Waals surface area contributed by atoms with Crippen LogP contribution in [0.5, 0.6) is 0 Å². The first-order chi connectivity index (χ1) is 14.9.